The van der Waals surface area contributed by atoms with E-state index in [4.69, 9.17) is 9.47 Å². The molecule has 0 aliphatic heterocycles. The molecule has 0 saturated heterocycles. The fourth-order valence-corrected chi connectivity index (χ4v) is 2.11. The first kappa shape index (κ1) is 19.4. The van der Waals surface area contributed by atoms with E-state index in [0.717, 1.165) is 5.56 Å². The van der Waals surface area contributed by atoms with Crippen LogP contribution in [-0.4, -0.2) is 31.1 Å². The third kappa shape index (κ3) is 6.16. The maximum Gasteiger partial charge on any atom is 0.344 e. The van der Waals surface area contributed by atoms with Crippen molar-refractivity contribution >= 4 is 11.9 Å². The molecule has 0 spiro atoms. The zero-order valence-corrected chi connectivity index (χ0v) is 14.2. The lowest BCUT2D eigenvalue weighted by Crippen LogP contribution is -2.37. The molecule has 0 heterocycles. The zero-order chi connectivity index (χ0) is 18.9. The molecule has 2 rings (SSSR count). The van der Waals surface area contributed by atoms with Gasteiger partial charge in [0.15, 0.2) is 24.3 Å². The van der Waals surface area contributed by atoms with Gasteiger partial charge in [0.1, 0.15) is 5.82 Å². The summed E-state index contributed by atoms with van der Waals surface area (Å²) >= 11 is 0. The quantitative estimate of drug-likeness (QED) is 0.733. The minimum Gasteiger partial charge on any atom is -0.479 e. The van der Waals surface area contributed by atoms with Gasteiger partial charge in [-0.2, -0.15) is 0 Å². The topological polar surface area (TPSA) is 64.6 Å². The summed E-state index contributed by atoms with van der Waals surface area (Å²) < 4.78 is 36.1. The third-order valence-corrected chi connectivity index (χ3v) is 3.49. The summed E-state index contributed by atoms with van der Waals surface area (Å²) in [6.07, 6.45) is -0.497. The van der Waals surface area contributed by atoms with Crippen LogP contribution in [0.2, 0.25) is 0 Å². The zero-order valence-electron chi connectivity index (χ0n) is 14.2. The largest absolute Gasteiger partial charge is 0.479 e. The van der Waals surface area contributed by atoms with Crippen LogP contribution in [0.3, 0.4) is 0 Å². The van der Waals surface area contributed by atoms with Crippen LogP contribution in [-0.2, 0) is 20.7 Å². The normalized spacial score (nSPS) is 11.5. The van der Waals surface area contributed by atoms with Crippen LogP contribution in [0.1, 0.15) is 12.5 Å². The van der Waals surface area contributed by atoms with E-state index in [1.807, 2.05) is 0 Å². The Morgan fingerprint density at radius 2 is 1.77 bits per heavy atom. The Kier molecular flexibility index (Phi) is 7.08. The lowest BCUT2D eigenvalue weighted by atomic mass is 10.1. The molecule has 5 nitrogen and oxygen atoms in total. The maximum absolute atomic E-state index is 13.4. The summed E-state index contributed by atoms with van der Waals surface area (Å²) in [5, 5.41) is 2.62. The molecule has 26 heavy (non-hydrogen) atoms. The number of rotatable bonds is 8. The van der Waals surface area contributed by atoms with E-state index in [1.54, 1.807) is 18.2 Å². The van der Waals surface area contributed by atoms with Gasteiger partial charge < -0.3 is 14.8 Å². The summed E-state index contributed by atoms with van der Waals surface area (Å²) in [5.41, 5.74) is 0.870. The van der Waals surface area contributed by atoms with Gasteiger partial charge in [-0.3, -0.25) is 4.79 Å². The van der Waals surface area contributed by atoms with E-state index in [9.17, 15) is 18.4 Å². The molecular weight excluding hydrogens is 344 g/mol. The van der Waals surface area contributed by atoms with E-state index < -0.39 is 30.4 Å². The molecule has 1 atom stereocenters. The van der Waals surface area contributed by atoms with Gasteiger partial charge >= 0.3 is 5.97 Å². The Balaban J connectivity index is 1.69. The van der Waals surface area contributed by atoms with Crippen LogP contribution in [0, 0.1) is 11.6 Å². The van der Waals surface area contributed by atoms with Crippen LogP contribution in [0.5, 0.6) is 5.75 Å². The Morgan fingerprint density at radius 3 is 2.46 bits per heavy atom. The molecule has 0 fully saturated rings. The fraction of sp³-hybridized carbons (Fsp3) is 0.263. The molecule has 7 heteroatoms. The van der Waals surface area contributed by atoms with Crippen molar-refractivity contribution in [3.05, 3.63) is 65.7 Å². The highest BCUT2D eigenvalue weighted by atomic mass is 19.1. The molecule has 138 valence electrons. The minimum atomic E-state index is -1.01. The summed E-state index contributed by atoms with van der Waals surface area (Å²) in [6.45, 7) is 1.24. The number of ether oxygens (including phenoxy) is 2. The van der Waals surface area contributed by atoms with Crippen LogP contribution < -0.4 is 10.1 Å². The van der Waals surface area contributed by atoms with Crippen LogP contribution >= 0.6 is 0 Å². The van der Waals surface area contributed by atoms with Crippen LogP contribution in [0.25, 0.3) is 0 Å². The van der Waals surface area contributed by atoms with Crippen molar-refractivity contribution in [3.63, 3.8) is 0 Å². The highest BCUT2D eigenvalue weighted by Crippen LogP contribution is 2.15. The Morgan fingerprint density at radius 1 is 1.08 bits per heavy atom. The second-order valence-corrected chi connectivity index (χ2v) is 5.52. The van der Waals surface area contributed by atoms with E-state index in [0.29, 0.717) is 13.0 Å². The van der Waals surface area contributed by atoms with Crippen molar-refractivity contribution in [2.45, 2.75) is 19.4 Å². The molecule has 2 aromatic carbocycles. The van der Waals surface area contributed by atoms with Crippen molar-refractivity contribution in [2.24, 2.45) is 0 Å². The molecule has 1 N–H and O–H groups in total. The average molecular weight is 363 g/mol. The first-order chi connectivity index (χ1) is 12.5. The van der Waals surface area contributed by atoms with Gasteiger partial charge in [0, 0.05) is 6.54 Å². The Bertz CT molecular complexity index is 749. The van der Waals surface area contributed by atoms with Crippen molar-refractivity contribution in [1.29, 1.82) is 0 Å². The van der Waals surface area contributed by atoms with Crippen LogP contribution in [0.15, 0.2) is 48.5 Å². The molecular formula is C19H19F2NO4. The van der Waals surface area contributed by atoms with Gasteiger partial charge in [0.2, 0.25) is 0 Å². The van der Waals surface area contributed by atoms with E-state index in [-0.39, 0.29) is 11.6 Å². The summed E-state index contributed by atoms with van der Waals surface area (Å²) in [4.78, 5) is 23.6. The number of esters is 1. The van der Waals surface area contributed by atoms with E-state index in [1.165, 1.54) is 37.3 Å². The van der Waals surface area contributed by atoms with Crippen molar-refractivity contribution < 1.29 is 27.8 Å². The number of nitrogens with one attached hydrogen (secondary N) is 1. The number of para-hydroxylation sites is 1. The minimum absolute atomic E-state index is 0.0687. The molecule has 0 radical (unpaired) electrons. The van der Waals surface area contributed by atoms with Gasteiger partial charge in [0.05, 0.1) is 0 Å². The maximum atomic E-state index is 13.4. The second-order valence-electron chi connectivity index (χ2n) is 5.52. The predicted octanol–water partition coefficient (Wildman–Crippen LogP) is 2.63. The smallest absolute Gasteiger partial charge is 0.344 e. The van der Waals surface area contributed by atoms with Gasteiger partial charge in [-0.1, -0.05) is 24.3 Å². The monoisotopic (exact) mass is 363 g/mol. The van der Waals surface area contributed by atoms with Gasteiger partial charge in [-0.25, -0.2) is 13.6 Å². The van der Waals surface area contributed by atoms with Crippen molar-refractivity contribution in [1.82, 2.24) is 5.32 Å². The first-order valence-electron chi connectivity index (χ1n) is 8.04. The van der Waals surface area contributed by atoms with E-state index in [2.05, 4.69) is 5.32 Å². The van der Waals surface area contributed by atoms with Crippen LogP contribution in [0.4, 0.5) is 8.78 Å². The number of carbonyl (C=O) groups is 2. The van der Waals surface area contributed by atoms with Crippen molar-refractivity contribution in [2.75, 3.05) is 13.2 Å². The molecule has 0 unspecified atom stereocenters. The summed E-state index contributed by atoms with van der Waals surface area (Å²) in [5.74, 6) is -2.23. The highest BCUT2D eigenvalue weighted by molar-refractivity contribution is 5.83. The Hall–Kier alpha value is -2.96. The number of hydrogen-bond acceptors (Lipinski definition) is 4. The van der Waals surface area contributed by atoms with Gasteiger partial charge in [-0.15, -0.1) is 0 Å². The summed E-state index contributed by atoms with van der Waals surface area (Å²) in [7, 11) is 0. The second kappa shape index (κ2) is 9.50. The van der Waals surface area contributed by atoms with Gasteiger partial charge in [-0.05, 0) is 43.2 Å². The number of benzene rings is 2. The number of carbonyl (C=O) groups excluding carboxylic acids is 2. The molecule has 0 aromatic heterocycles. The predicted molar refractivity (Wildman–Crippen MR) is 90.6 cm³/mol. The van der Waals surface area contributed by atoms with E-state index >= 15 is 0 Å². The third-order valence-electron chi connectivity index (χ3n) is 3.49. The number of hydrogen-bond donors (Lipinski definition) is 1. The van der Waals surface area contributed by atoms with Gasteiger partial charge in [0.25, 0.3) is 5.91 Å². The summed E-state index contributed by atoms with van der Waals surface area (Å²) in [6, 6.07) is 11.6. The molecule has 0 aliphatic rings. The molecule has 1 amide bonds. The van der Waals surface area contributed by atoms with Crippen molar-refractivity contribution in [3.8, 4) is 5.75 Å². The number of amides is 1. The standard InChI is InChI=1S/C19H19F2NO4/c1-13(19(24)22-11-10-14-6-8-15(20)9-7-14)26-18(23)12-25-17-5-3-2-4-16(17)21/h2-9,13H,10-12H2,1H3,(H,22,24)/t13-/m0/s1. The average Bonchev–Trinajstić information content (AvgIpc) is 2.62. The first-order valence-corrected chi connectivity index (χ1v) is 8.04. The lowest BCUT2D eigenvalue weighted by molar-refractivity contribution is -0.156. The highest BCUT2D eigenvalue weighted by Gasteiger charge is 2.18. The molecule has 0 bridgehead atoms. The SMILES string of the molecule is C[C@H](OC(=O)COc1ccccc1F)C(=O)NCCc1ccc(F)cc1. The Labute approximate surface area is 149 Å². The fourth-order valence-electron chi connectivity index (χ4n) is 2.11. The molecule has 2 aromatic rings. The number of halogens is 2. The lowest BCUT2D eigenvalue weighted by Gasteiger charge is -2.14. The molecule has 0 aliphatic carbocycles. The molecule has 0 saturated carbocycles.